The van der Waals surface area contributed by atoms with E-state index in [2.05, 4.69) is 53.5 Å². The summed E-state index contributed by atoms with van der Waals surface area (Å²) in [6.45, 7) is 14.4. The number of aryl methyl sites for hydroxylation is 4. The molecule has 0 fully saturated rings. The molecule has 0 saturated carbocycles. The average molecular weight is 463 g/mol. The third-order valence-electron chi connectivity index (χ3n) is 4.95. The van der Waals surface area contributed by atoms with E-state index in [0.717, 1.165) is 33.6 Å². The highest BCUT2D eigenvalue weighted by Gasteiger charge is 2.23. The standard InChI is InChI=1S/C26H30N2O2SSi/c1-18-16-19(2)25(20(3)17-18)28-26-24(13-8-21(4)27-26)31(29,30)23-11-9-22(10-12-23)14-15-32(5,6)7/h8-13,16-17H,1-7H3,(H,27,28). The molecule has 0 radical (unpaired) electrons. The molecular formula is C26H30N2O2SSi. The van der Waals surface area contributed by atoms with Crippen molar-refractivity contribution in [2.75, 3.05) is 5.32 Å². The molecule has 0 bridgehead atoms. The number of anilines is 2. The van der Waals surface area contributed by atoms with Gasteiger partial charge in [-0.15, -0.1) is 5.54 Å². The third-order valence-corrected chi connectivity index (χ3v) is 7.63. The molecule has 0 aliphatic heterocycles. The zero-order valence-electron chi connectivity index (χ0n) is 19.8. The number of hydrogen-bond acceptors (Lipinski definition) is 4. The van der Waals surface area contributed by atoms with Crippen LogP contribution in [-0.4, -0.2) is 21.5 Å². The van der Waals surface area contributed by atoms with Gasteiger partial charge in [0.05, 0.1) is 4.90 Å². The van der Waals surface area contributed by atoms with Crippen molar-refractivity contribution in [3.63, 3.8) is 0 Å². The SMILES string of the molecule is Cc1cc(C)c(Nc2nc(C)ccc2S(=O)(=O)c2ccc(C#C[Si](C)(C)C)cc2)c(C)c1. The van der Waals surface area contributed by atoms with E-state index in [-0.39, 0.29) is 9.79 Å². The van der Waals surface area contributed by atoms with Crippen LogP contribution in [0.5, 0.6) is 0 Å². The Hall–Kier alpha value is -2.88. The Morgan fingerprint density at radius 2 is 1.47 bits per heavy atom. The second-order valence-corrected chi connectivity index (χ2v) is 15.9. The van der Waals surface area contributed by atoms with Crippen LogP contribution in [0.2, 0.25) is 19.6 Å². The minimum Gasteiger partial charge on any atom is -0.339 e. The number of sulfone groups is 1. The van der Waals surface area contributed by atoms with Crippen LogP contribution in [-0.2, 0) is 9.84 Å². The molecule has 32 heavy (non-hydrogen) atoms. The van der Waals surface area contributed by atoms with Crippen LogP contribution in [0.3, 0.4) is 0 Å². The molecule has 6 heteroatoms. The Bertz CT molecular complexity index is 1300. The number of nitrogens with one attached hydrogen (secondary N) is 1. The molecule has 0 amide bonds. The lowest BCUT2D eigenvalue weighted by Crippen LogP contribution is -2.16. The number of benzene rings is 2. The summed E-state index contributed by atoms with van der Waals surface area (Å²) < 4.78 is 27.0. The number of nitrogens with zero attached hydrogens (tertiary/aromatic N) is 1. The fourth-order valence-electron chi connectivity index (χ4n) is 3.45. The second kappa shape index (κ2) is 8.93. The lowest BCUT2D eigenvalue weighted by atomic mass is 10.1. The molecule has 1 N–H and O–H groups in total. The molecule has 0 spiro atoms. The fraction of sp³-hybridized carbons (Fsp3) is 0.269. The van der Waals surface area contributed by atoms with Crippen molar-refractivity contribution in [3.05, 3.63) is 76.5 Å². The van der Waals surface area contributed by atoms with Gasteiger partial charge < -0.3 is 5.32 Å². The van der Waals surface area contributed by atoms with Crippen molar-refractivity contribution in [2.24, 2.45) is 0 Å². The Balaban J connectivity index is 2.03. The van der Waals surface area contributed by atoms with Crippen LogP contribution < -0.4 is 5.32 Å². The molecular weight excluding hydrogens is 432 g/mol. The van der Waals surface area contributed by atoms with Gasteiger partial charge in [0.25, 0.3) is 0 Å². The van der Waals surface area contributed by atoms with Gasteiger partial charge >= 0.3 is 0 Å². The fourth-order valence-corrected chi connectivity index (χ4v) is 5.32. The highest BCUT2D eigenvalue weighted by atomic mass is 32.2. The molecule has 1 aromatic heterocycles. The summed E-state index contributed by atoms with van der Waals surface area (Å²) in [6.07, 6.45) is 0. The number of pyridine rings is 1. The highest BCUT2D eigenvalue weighted by molar-refractivity contribution is 7.91. The van der Waals surface area contributed by atoms with Crippen molar-refractivity contribution in [3.8, 4) is 11.5 Å². The van der Waals surface area contributed by atoms with E-state index in [1.807, 2.05) is 27.7 Å². The first-order valence-electron chi connectivity index (χ1n) is 10.6. The van der Waals surface area contributed by atoms with Crippen LogP contribution in [0.15, 0.2) is 58.3 Å². The molecule has 1 heterocycles. The van der Waals surface area contributed by atoms with Crippen LogP contribution in [0, 0.1) is 39.2 Å². The topological polar surface area (TPSA) is 59.1 Å². The van der Waals surface area contributed by atoms with Crippen LogP contribution in [0.4, 0.5) is 11.5 Å². The van der Waals surface area contributed by atoms with E-state index in [1.54, 1.807) is 36.4 Å². The van der Waals surface area contributed by atoms with E-state index < -0.39 is 17.9 Å². The molecule has 0 atom stereocenters. The first-order chi connectivity index (χ1) is 14.9. The molecule has 0 aliphatic carbocycles. The van der Waals surface area contributed by atoms with Gasteiger partial charge in [-0.25, -0.2) is 13.4 Å². The van der Waals surface area contributed by atoms with Gasteiger partial charge in [-0.1, -0.05) is 43.3 Å². The Morgan fingerprint density at radius 1 is 0.875 bits per heavy atom. The normalized spacial score (nSPS) is 11.6. The maximum absolute atomic E-state index is 13.5. The highest BCUT2D eigenvalue weighted by Crippen LogP contribution is 2.31. The van der Waals surface area contributed by atoms with E-state index >= 15 is 0 Å². The molecule has 0 aliphatic rings. The smallest absolute Gasteiger partial charge is 0.210 e. The summed E-state index contributed by atoms with van der Waals surface area (Å²) >= 11 is 0. The Morgan fingerprint density at radius 3 is 2.03 bits per heavy atom. The first-order valence-corrected chi connectivity index (χ1v) is 15.6. The summed E-state index contributed by atoms with van der Waals surface area (Å²) in [5, 5.41) is 3.29. The summed E-state index contributed by atoms with van der Waals surface area (Å²) in [7, 11) is -5.27. The van der Waals surface area contributed by atoms with E-state index in [1.165, 1.54) is 0 Å². The first kappa shape index (κ1) is 23.8. The van der Waals surface area contributed by atoms with Crippen molar-refractivity contribution in [1.29, 1.82) is 0 Å². The van der Waals surface area contributed by atoms with Gasteiger partial charge in [-0.05, 0) is 75.2 Å². The average Bonchev–Trinajstić information content (AvgIpc) is 2.69. The van der Waals surface area contributed by atoms with E-state index in [0.29, 0.717) is 5.82 Å². The quantitative estimate of drug-likeness (QED) is 0.375. The maximum Gasteiger partial charge on any atom is 0.210 e. The molecule has 3 aromatic rings. The van der Waals surface area contributed by atoms with Crippen LogP contribution in [0.1, 0.15) is 27.9 Å². The van der Waals surface area contributed by atoms with Gasteiger partial charge in [0.15, 0.2) is 0 Å². The Labute approximate surface area is 193 Å². The summed E-state index contributed by atoms with van der Waals surface area (Å²) in [6, 6.07) is 14.3. The van der Waals surface area contributed by atoms with Gasteiger partial charge in [-0.2, -0.15) is 0 Å². The number of hydrogen-bond donors (Lipinski definition) is 1. The molecule has 4 nitrogen and oxygen atoms in total. The van der Waals surface area contributed by atoms with E-state index in [4.69, 9.17) is 0 Å². The van der Waals surface area contributed by atoms with Crippen molar-refractivity contribution < 1.29 is 8.42 Å². The minimum atomic E-state index is -3.76. The predicted octanol–water partition coefficient (Wildman–Crippen LogP) is 6.12. The van der Waals surface area contributed by atoms with Gasteiger partial charge in [-0.3, -0.25) is 0 Å². The summed E-state index contributed by atoms with van der Waals surface area (Å²) in [5.41, 5.74) is 8.98. The molecule has 2 aromatic carbocycles. The lowest BCUT2D eigenvalue weighted by molar-refractivity contribution is 0.596. The van der Waals surface area contributed by atoms with Gasteiger partial charge in [0.2, 0.25) is 9.84 Å². The third kappa shape index (κ3) is 5.48. The van der Waals surface area contributed by atoms with Crippen LogP contribution >= 0.6 is 0 Å². The minimum absolute atomic E-state index is 0.156. The second-order valence-electron chi connectivity index (χ2n) is 9.23. The summed E-state index contributed by atoms with van der Waals surface area (Å²) in [5.74, 6) is 3.50. The molecule has 0 unspecified atom stereocenters. The molecule has 0 saturated heterocycles. The van der Waals surface area contributed by atoms with Crippen molar-refractivity contribution in [2.45, 2.75) is 57.1 Å². The molecule has 166 valence electrons. The van der Waals surface area contributed by atoms with Crippen molar-refractivity contribution in [1.82, 2.24) is 4.98 Å². The Kier molecular flexibility index (Phi) is 6.63. The zero-order valence-corrected chi connectivity index (χ0v) is 21.6. The monoisotopic (exact) mass is 462 g/mol. The predicted molar refractivity (Wildman–Crippen MR) is 135 cm³/mol. The maximum atomic E-state index is 13.5. The van der Waals surface area contributed by atoms with E-state index in [9.17, 15) is 8.42 Å². The lowest BCUT2D eigenvalue weighted by Gasteiger charge is -2.17. The van der Waals surface area contributed by atoms with Gasteiger partial charge in [0, 0.05) is 16.9 Å². The van der Waals surface area contributed by atoms with Crippen LogP contribution in [0.25, 0.3) is 0 Å². The number of aromatic nitrogens is 1. The van der Waals surface area contributed by atoms with Crippen molar-refractivity contribution >= 4 is 29.4 Å². The molecule has 3 rings (SSSR count). The number of rotatable bonds is 4. The van der Waals surface area contributed by atoms with Gasteiger partial charge in [0.1, 0.15) is 18.8 Å². The largest absolute Gasteiger partial charge is 0.339 e. The summed E-state index contributed by atoms with van der Waals surface area (Å²) in [4.78, 5) is 4.91. The zero-order chi connectivity index (χ0) is 23.7.